The quantitative estimate of drug-likeness (QED) is 0.614. The Morgan fingerprint density at radius 1 is 1.00 bits per heavy atom. The topological polar surface area (TPSA) is 92.5 Å². The van der Waals surface area contributed by atoms with Gasteiger partial charge in [0.05, 0.1) is 0 Å². The fourth-order valence-electron chi connectivity index (χ4n) is 2.73. The van der Waals surface area contributed by atoms with Gasteiger partial charge in [-0.05, 0) is 48.7 Å². The minimum Gasteiger partial charge on any atom is -0.399 e. The summed E-state index contributed by atoms with van der Waals surface area (Å²) in [5.74, 6) is -2.29. The second-order valence-corrected chi connectivity index (χ2v) is 5.59. The van der Waals surface area contributed by atoms with E-state index in [1.807, 2.05) is 24.3 Å². The molecule has 3 rings (SSSR count). The first-order chi connectivity index (χ1) is 11.6. The van der Waals surface area contributed by atoms with E-state index in [4.69, 9.17) is 5.73 Å². The number of hydrogen-bond donors (Lipinski definition) is 2. The van der Waals surface area contributed by atoms with Crippen molar-refractivity contribution in [2.24, 2.45) is 0 Å². The number of anilines is 2. The van der Waals surface area contributed by atoms with E-state index in [0.717, 1.165) is 24.1 Å². The van der Waals surface area contributed by atoms with Crippen LogP contribution in [0.3, 0.4) is 0 Å². The number of nitrogens with two attached hydrogens (primary N) is 1. The van der Waals surface area contributed by atoms with Crippen LogP contribution in [0.15, 0.2) is 48.5 Å². The average molecular weight is 323 g/mol. The predicted molar refractivity (Wildman–Crippen MR) is 90.4 cm³/mol. The first-order valence-electron chi connectivity index (χ1n) is 7.67. The van der Waals surface area contributed by atoms with E-state index in [1.54, 1.807) is 12.1 Å². The molecule has 0 aliphatic carbocycles. The lowest BCUT2D eigenvalue weighted by Gasteiger charge is -2.28. The SMILES string of the molecule is Nc1ccc(C(=O)NC(=O)C(=O)N2CCCc3ccccc32)cc1. The second kappa shape index (κ2) is 6.54. The number of nitrogens with zero attached hydrogens (tertiary/aromatic N) is 1. The molecule has 122 valence electrons. The standard InChI is InChI=1S/C18H17N3O3/c19-14-9-7-13(8-10-14)16(22)20-17(23)18(24)21-11-3-5-12-4-1-2-6-15(12)21/h1-2,4,6-10H,3,5,11,19H2,(H,20,22,23). The van der Waals surface area contributed by atoms with Gasteiger partial charge in [0.1, 0.15) is 0 Å². The molecule has 0 unspecified atom stereocenters. The van der Waals surface area contributed by atoms with E-state index in [0.29, 0.717) is 12.2 Å². The van der Waals surface area contributed by atoms with Crippen LogP contribution in [0.25, 0.3) is 0 Å². The fourth-order valence-corrected chi connectivity index (χ4v) is 2.73. The highest BCUT2D eigenvalue weighted by atomic mass is 16.2. The van der Waals surface area contributed by atoms with Gasteiger partial charge in [-0.25, -0.2) is 0 Å². The van der Waals surface area contributed by atoms with Crippen LogP contribution in [0.1, 0.15) is 22.3 Å². The Hall–Kier alpha value is -3.15. The third kappa shape index (κ3) is 3.12. The summed E-state index contributed by atoms with van der Waals surface area (Å²) < 4.78 is 0. The maximum Gasteiger partial charge on any atom is 0.316 e. The number of amides is 3. The molecule has 3 amide bonds. The maximum absolute atomic E-state index is 12.4. The van der Waals surface area contributed by atoms with Gasteiger partial charge in [-0.3, -0.25) is 19.7 Å². The molecular weight excluding hydrogens is 306 g/mol. The molecule has 0 spiro atoms. The summed E-state index contributed by atoms with van der Waals surface area (Å²) in [7, 11) is 0. The Kier molecular flexibility index (Phi) is 4.29. The minimum absolute atomic E-state index is 0.268. The largest absolute Gasteiger partial charge is 0.399 e. The Labute approximate surface area is 139 Å². The van der Waals surface area contributed by atoms with Crippen LogP contribution in [-0.4, -0.2) is 24.3 Å². The molecule has 0 atom stereocenters. The van der Waals surface area contributed by atoms with Crippen molar-refractivity contribution in [2.75, 3.05) is 17.2 Å². The molecule has 3 N–H and O–H groups in total. The number of benzene rings is 2. The number of nitrogen functional groups attached to an aromatic ring is 1. The third-order valence-corrected chi connectivity index (χ3v) is 3.95. The smallest absolute Gasteiger partial charge is 0.316 e. The number of para-hydroxylation sites is 1. The first-order valence-corrected chi connectivity index (χ1v) is 7.67. The molecule has 1 heterocycles. The van der Waals surface area contributed by atoms with Crippen LogP contribution in [0.5, 0.6) is 0 Å². The molecule has 1 aliphatic rings. The molecule has 2 aromatic rings. The number of aryl methyl sites for hydroxylation is 1. The molecule has 0 radical (unpaired) electrons. The molecule has 0 bridgehead atoms. The first kappa shape index (κ1) is 15.7. The summed E-state index contributed by atoms with van der Waals surface area (Å²) in [4.78, 5) is 38.1. The minimum atomic E-state index is -0.937. The summed E-state index contributed by atoms with van der Waals surface area (Å²) >= 11 is 0. The van der Waals surface area contributed by atoms with Crippen LogP contribution in [0.2, 0.25) is 0 Å². The number of hydrogen-bond acceptors (Lipinski definition) is 4. The normalized spacial score (nSPS) is 13.1. The van der Waals surface area contributed by atoms with Crippen LogP contribution < -0.4 is 16.0 Å². The fraction of sp³-hybridized carbons (Fsp3) is 0.167. The highest BCUT2D eigenvalue weighted by Gasteiger charge is 2.28. The summed E-state index contributed by atoms with van der Waals surface area (Å²) in [6.45, 7) is 0.458. The predicted octanol–water partition coefficient (Wildman–Crippen LogP) is 1.50. The van der Waals surface area contributed by atoms with Gasteiger partial charge >= 0.3 is 11.8 Å². The molecule has 1 aliphatic heterocycles. The molecule has 0 saturated carbocycles. The summed E-state index contributed by atoms with van der Waals surface area (Å²) in [5, 5.41) is 2.13. The van der Waals surface area contributed by atoms with Gasteiger partial charge in [0.25, 0.3) is 5.91 Å². The van der Waals surface area contributed by atoms with Gasteiger partial charge in [-0.15, -0.1) is 0 Å². The van der Waals surface area contributed by atoms with E-state index >= 15 is 0 Å². The van der Waals surface area contributed by atoms with Crippen molar-refractivity contribution >= 4 is 29.1 Å². The van der Waals surface area contributed by atoms with E-state index in [-0.39, 0.29) is 5.56 Å². The Morgan fingerprint density at radius 3 is 2.46 bits per heavy atom. The summed E-state index contributed by atoms with van der Waals surface area (Å²) in [6.07, 6.45) is 1.65. The molecule has 24 heavy (non-hydrogen) atoms. The number of rotatable bonds is 1. The highest BCUT2D eigenvalue weighted by Crippen LogP contribution is 2.26. The number of nitrogens with one attached hydrogen (secondary N) is 1. The molecular formula is C18H17N3O3. The molecule has 6 heteroatoms. The van der Waals surface area contributed by atoms with Crippen molar-refractivity contribution in [3.05, 3.63) is 59.7 Å². The van der Waals surface area contributed by atoms with Gasteiger partial charge in [-0.2, -0.15) is 0 Å². The van der Waals surface area contributed by atoms with Crippen LogP contribution in [0, 0.1) is 0 Å². The van der Waals surface area contributed by atoms with Crippen molar-refractivity contribution in [2.45, 2.75) is 12.8 Å². The zero-order chi connectivity index (χ0) is 17.1. The van der Waals surface area contributed by atoms with Crippen molar-refractivity contribution < 1.29 is 14.4 Å². The highest BCUT2D eigenvalue weighted by molar-refractivity contribution is 6.43. The van der Waals surface area contributed by atoms with E-state index in [9.17, 15) is 14.4 Å². The Balaban J connectivity index is 1.73. The molecule has 2 aromatic carbocycles. The lowest BCUT2D eigenvalue weighted by molar-refractivity contribution is -0.137. The maximum atomic E-state index is 12.4. The zero-order valence-electron chi connectivity index (χ0n) is 13.0. The molecule has 0 saturated heterocycles. The number of carbonyl (C=O) groups excluding carboxylic acids is 3. The van der Waals surface area contributed by atoms with Crippen molar-refractivity contribution in [3.63, 3.8) is 0 Å². The number of carbonyl (C=O) groups is 3. The van der Waals surface area contributed by atoms with Crippen LogP contribution in [0.4, 0.5) is 11.4 Å². The lowest BCUT2D eigenvalue weighted by Crippen LogP contribution is -2.47. The number of imide groups is 1. The van der Waals surface area contributed by atoms with Crippen molar-refractivity contribution in [3.8, 4) is 0 Å². The van der Waals surface area contributed by atoms with Gasteiger partial charge < -0.3 is 10.6 Å². The van der Waals surface area contributed by atoms with Crippen molar-refractivity contribution in [1.29, 1.82) is 0 Å². The third-order valence-electron chi connectivity index (χ3n) is 3.95. The second-order valence-electron chi connectivity index (χ2n) is 5.59. The van der Waals surface area contributed by atoms with Gasteiger partial charge in [0, 0.05) is 23.5 Å². The monoisotopic (exact) mass is 323 g/mol. The van der Waals surface area contributed by atoms with Crippen molar-refractivity contribution in [1.82, 2.24) is 5.32 Å². The Bertz CT molecular complexity index is 799. The number of fused-ring (bicyclic) bond motifs is 1. The Morgan fingerprint density at radius 2 is 1.71 bits per heavy atom. The molecule has 6 nitrogen and oxygen atoms in total. The van der Waals surface area contributed by atoms with Gasteiger partial charge in [-0.1, -0.05) is 18.2 Å². The zero-order valence-corrected chi connectivity index (χ0v) is 13.0. The lowest BCUT2D eigenvalue weighted by atomic mass is 10.0. The van der Waals surface area contributed by atoms with Crippen LogP contribution >= 0.6 is 0 Å². The molecule has 0 aromatic heterocycles. The van der Waals surface area contributed by atoms with E-state index in [2.05, 4.69) is 5.32 Å². The van der Waals surface area contributed by atoms with Crippen LogP contribution in [-0.2, 0) is 16.0 Å². The van der Waals surface area contributed by atoms with E-state index < -0.39 is 17.7 Å². The summed E-state index contributed by atoms with van der Waals surface area (Å²) in [6, 6.07) is 13.6. The average Bonchev–Trinajstić information content (AvgIpc) is 2.61. The summed E-state index contributed by atoms with van der Waals surface area (Å²) in [5.41, 5.74) is 8.09. The van der Waals surface area contributed by atoms with Gasteiger partial charge in [0.2, 0.25) is 0 Å². The molecule has 0 fully saturated rings. The van der Waals surface area contributed by atoms with E-state index in [1.165, 1.54) is 17.0 Å². The van der Waals surface area contributed by atoms with Gasteiger partial charge in [0.15, 0.2) is 0 Å².